The first-order valence-corrected chi connectivity index (χ1v) is 8.22. The van der Waals surface area contributed by atoms with Gasteiger partial charge in [-0.05, 0) is 55.7 Å². The van der Waals surface area contributed by atoms with Gasteiger partial charge in [-0.2, -0.15) is 0 Å². The average molecular weight is 341 g/mol. The van der Waals surface area contributed by atoms with E-state index in [2.05, 4.69) is 16.0 Å². The number of hydrogen-bond donors (Lipinski definition) is 3. The Labute approximate surface area is 145 Å². The molecule has 0 heterocycles. The van der Waals surface area contributed by atoms with Crippen molar-refractivity contribution < 1.29 is 14.0 Å². The maximum Gasteiger partial charge on any atom is 0.251 e. The van der Waals surface area contributed by atoms with Crippen molar-refractivity contribution >= 4 is 23.2 Å². The van der Waals surface area contributed by atoms with Gasteiger partial charge in [-0.25, -0.2) is 4.39 Å². The lowest BCUT2D eigenvalue weighted by atomic mass is 10.2. The van der Waals surface area contributed by atoms with E-state index in [1.165, 1.54) is 6.07 Å². The largest absolute Gasteiger partial charge is 0.376 e. The van der Waals surface area contributed by atoms with Gasteiger partial charge in [-0.15, -0.1) is 0 Å². The van der Waals surface area contributed by atoms with Gasteiger partial charge in [0.25, 0.3) is 5.91 Å². The minimum atomic E-state index is -0.320. The molecule has 130 valence electrons. The van der Waals surface area contributed by atoms with Crippen LogP contribution in [0.3, 0.4) is 0 Å². The first-order chi connectivity index (χ1) is 12.0. The number of halogens is 1. The van der Waals surface area contributed by atoms with E-state index in [4.69, 9.17) is 0 Å². The standard InChI is InChI=1S/C19H20FN3O2/c1-12-5-6-15(10-17(12)20)21-11-18(24)22-16-4-2-3-13(9-16)19(25)23-14-7-8-14/h2-6,9-10,14,21H,7-8,11H2,1H3,(H,22,24)(H,23,25). The smallest absolute Gasteiger partial charge is 0.251 e. The zero-order valence-corrected chi connectivity index (χ0v) is 13.9. The Morgan fingerprint density at radius 3 is 2.64 bits per heavy atom. The van der Waals surface area contributed by atoms with Gasteiger partial charge in [0, 0.05) is 23.0 Å². The van der Waals surface area contributed by atoms with Crippen LogP contribution in [-0.4, -0.2) is 24.4 Å². The molecule has 2 aromatic carbocycles. The van der Waals surface area contributed by atoms with Crippen LogP contribution in [0.25, 0.3) is 0 Å². The van der Waals surface area contributed by atoms with Crippen LogP contribution in [0.15, 0.2) is 42.5 Å². The summed E-state index contributed by atoms with van der Waals surface area (Å²) in [7, 11) is 0. The molecule has 0 aromatic heterocycles. The molecule has 0 bridgehead atoms. The molecule has 0 unspecified atom stereocenters. The molecule has 1 fully saturated rings. The summed E-state index contributed by atoms with van der Waals surface area (Å²) < 4.78 is 13.5. The summed E-state index contributed by atoms with van der Waals surface area (Å²) in [6, 6.07) is 11.8. The van der Waals surface area contributed by atoms with Gasteiger partial charge in [0.05, 0.1) is 6.54 Å². The minimum absolute atomic E-state index is 0.000991. The molecular formula is C19H20FN3O2. The zero-order valence-electron chi connectivity index (χ0n) is 13.9. The van der Waals surface area contributed by atoms with Gasteiger partial charge in [0.1, 0.15) is 5.82 Å². The predicted octanol–water partition coefficient (Wildman–Crippen LogP) is 3.08. The first kappa shape index (κ1) is 17.0. The molecule has 25 heavy (non-hydrogen) atoms. The summed E-state index contributed by atoms with van der Waals surface area (Å²) >= 11 is 0. The third-order valence-corrected chi connectivity index (χ3v) is 3.95. The molecule has 3 N–H and O–H groups in total. The van der Waals surface area contributed by atoms with Gasteiger partial charge >= 0.3 is 0 Å². The maximum absolute atomic E-state index is 13.5. The number of nitrogens with one attached hydrogen (secondary N) is 3. The second-order valence-corrected chi connectivity index (χ2v) is 6.19. The topological polar surface area (TPSA) is 70.2 Å². The summed E-state index contributed by atoms with van der Waals surface area (Å²) in [6.45, 7) is 1.68. The average Bonchev–Trinajstić information content (AvgIpc) is 3.40. The second-order valence-electron chi connectivity index (χ2n) is 6.19. The fourth-order valence-corrected chi connectivity index (χ4v) is 2.32. The highest BCUT2D eigenvalue weighted by Gasteiger charge is 2.23. The van der Waals surface area contributed by atoms with E-state index in [1.54, 1.807) is 43.3 Å². The number of carbonyl (C=O) groups is 2. The van der Waals surface area contributed by atoms with Crippen LogP contribution in [-0.2, 0) is 4.79 Å². The fraction of sp³-hybridized carbons (Fsp3) is 0.263. The van der Waals surface area contributed by atoms with Crippen molar-refractivity contribution in [1.82, 2.24) is 5.32 Å². The van der Waals surface area contributed by atoms with E-state index in [1.807, 2.05) is 0 Å². The van der Waals surface area contributed by atoms with Crippen molar-refractivity contribution in [3.63, 3.8) is 0 Å². The number of carbonyl (C=O) groups excluding carboxylic acids is 2. The summed E-state index contributed by atoms with van der Waals surface area (Å²) in [4.78, 5) is 24.1. The molecule has 0 aliphatic heterocycles. The molecule has 0 atom stereocenters. The van der Waals surface area contributed by atoms with Gasteiger partial charge in [-0.3, -0.25) is 9.59 Å². The fourth-order valence-electron chi connectivity index (χ4n) is 2.32. The summed E-state index contributed by atoms with van der Waals surface area (Å²) in [5.74, 6) is -0.729. The van der Waals surface area contributed by atoms with E-state index < -0.39 is 0 Å². The van der Waals surface area contributed by atoms with Gasteiger partial charge in [0.2, 0.25) is 5.91 Å². The first-order valence-electron chi connectivity index (χ1n) is 8.22. The Bertz CT molecular complexity index is 803. The molecule has 1 aliphatic carbocycles. The SMILES string of the molecule is Cc1ccc(NCC(=O)Nc2cccc(C(=O)NC3CC3)c2)cc1F. The van der Waals surface area contributed by atoms with Crippen LogP contribution in [0.1, 0.15) is 28.8 Å². The van der Waals surface area contributed by atoms with Crippen molar-refractivity contribution in [1.29, 1.82) is 0 Å². The van der Waals surface area contributed by atoms with Crippen molar-refractivity contribution in [2.24, 2.45) is 0 Å². The van der Waals surface area contributed by atoms with Gasteiger partial charge in [0.15, 0.2) is 0 Å². The molecule has 3 rings (SSSR count). The third kappa shape index (κ3) is 4.79. The number of anilines is 2. The number of aryl methyl sites for hydroxylation is 1. The molecule has 0 radical (unpaired) electrons. The molecule has 0 spiro atoms. The summed E-state index contributed by atoms with van der Waals surface area (Å²) in [6.07, 6.45) is 2.04. The van der Waals surface area contributed by atoms with E-state index in [0.29, 0.717) is 22.5 Å². The lowest BCUT2D eigenvalue weighted by Gasteiger charge is -2.10. The van der Waals surface area contributed by atoms with Crippen LogP contribution >= 0.6 is 0 Å². The molecule has 2 amide bonds. The van der Waals surface area contributed by atoms with Gasteiger partial charge in [-0.1, -0.05) is 12.1 Å². The van der Waals surface area contributed by atoms with E-state index >= 15 is 0 Å². The second kappa shape index (κ2) is 7.34. The lowest BCUT2D eigenvalue weighted by molar-refractivity contribution is -0.114. The normalized spacial score (nSPS) is 13.2. The van der Waals surface area contributed by atoms with E-state index in [9.17, 15) is 14.0 Å². The van der Waals surface area contributed by atoms with E-state index in [0.717, 1.165) is 12.8 Å². The van der Waals surface area contributed by atoms with Gasteiger partial charge < -0.3 is 16.0 Å². The Morgan fingerprint density at radius 2 is 1.92 bits per heavy atom. The highest BCUT2D eigenvalue weighted by molar-refractivity contribution is 5.98. The number of amides is 2. The highest BCUT2D eigenvalue weighted by atomic mass is 19.1. The molecular weight excluding hydrogens is 321 g/mol. The number of rotatable bonds is 6. The van der Waals surface area contributed by atoms with Crippen LogP contribution in [0.5, 0.6) is 0 Å². The molecule has 0 saturated heterocycles. The quantitative estimate of drug-likeness (QED) is 0.756. The van der Waals surface area contributed by atoms with Crippen molar-refractivity contribution in [2.75, 3.05) is 17.2 Å². The molecule has 6 heteroatoms. The van der Waals surface area contributed by atoms with Crippen LogP contribution in [0.2, 0.25) is 0 Å². The third-order valence-electron chi connectivity index (χ3n) is 3.95. The number of benzene rings is 2. The van der Waals surface area contributed by atoms with Crippen molar-refractivity contribution in [2.45, 2.75) is 25.8 Å². The van der Waals surface area contributed by atoms with E-state index in [-0.39, 0.29) is 30.2 Å². The van der Waals surface area contributed by atoms with Crippen LogP contribution < -0.4 is 16.0 Å². The number of hydrogen-bond acceptors (Lipinski definition) is 3. The lowest BCUT2D eigenvalue weighted by Crippen LogP contribution is -2.26. The van der Waals surface area contributed by atoms with Crippen LogP contribution in [0.4, 0.5) is 15.8 Å². The zero-order chi connectivity index (χ0) is 17.8. The maximum atomic E-state index is 13.5. The predicted molar refractivity (Wildman–Crippen MR) is 95.2 cm³/mol. The Hall–Kier alpha value is -2.89. The summed E-state index contributed by atoms with van der Waals surface area (Å²) in [5.41, 5.74) is 2.15. The van der Waals surface area contributed by atoms with Crippen molar-refractivity contribution in [3.05, 3.63) is 59.4 Å². The molecule has 2 aromatic rings. The molecule has 1 aliphatic rings. The van der Waals surface area contributed by atoms with Crippen LogP contribution in [0, 0.1) is 12.7 Å². The highest BCUT2D eigenvalue weighted by Crippen LogP contribution is 2.20. The Balaban J connectivity index is 1.55. The molecule has 5 nitrogen and oxygen atoms in total. The molecule has 1 saturated carbocycles. The Kier molecular flexibility index (Phi) is 4.97. The minimum Gasteiger partial charge on any atom is -0.376 e. The summed E-state index contributed by atoms with van der Waals surface area (Å²) in [5, 5.41) is 8.51. The van der Waals surface area contributed by atoms with Crippen molar-refractivity contribution in [3.8, 4) is 0 Å². The monoisotopic (exact) mass is 341 g/mol. The Morgan fingerprint density at radius 1 is 1.12 bits per heavy atom.